The van der Waals surface area contributed by atoms with Crippen LogP contribution in [0.2, 0.25) is 0 Å². The van der Waals surface area contributed by atoms with Crippen LogP contribution in [0.15, 0.2) is 22.7 Å². The Bertz CT molecular complexity index is 436. The third-order valence-electron chi connectivity index (χ3n) is 3.92. The Hall–Kier alpha value is -0.450. The number of benzene rings is 1. The molecule has 1 atom stereocenters. The van der Waals surface area contributed by atoms with Crippen molar-refractivity contribution in [2.45, 2.75) is 51.7 Å². The van der Waals surface area contributed by atoms with Gasteiger partial charge in [0.15, 0.2) is 0 Å². The first-order valence-corrected chi connectivity index (χ1v) is 8.27. The Morgan fingerprint density at radius 2 is 2.20 bits per heavy atom. The van der Waals surface area contributed by atoms with Gasteiger partial charge >= 0.3 is 0 Å². The van der Waals surface area contributed by atoms with Gasteiger partial charge in [0.1, 0.15) is 5.82 Å². The Morgan fingerprint density at radius 1 is 1.40 bits per heavy atom. The smallest absolute Gasteiger partial charge is 0.137 e. The quantitative estimate of drug-likeness (QED) is 0.871. The fourth-order valence-electron chi connectivity index (χ4n) is 2.76. The lowest BCUT2D eigenvalue weighted by atomic mass is 10.0. The Balaban J connectivity index is 2.02. The van der Waals surface area contributed by atoms with Gasteiger partial charge in [-0.05, 0) is 46.9 Å². The number of halogens is 2. The van der Waals surface area contributed by atoms with E-state index in [2.05, 4.69) is 40.0 Å². The summed E-state index contributed by atoms with van der Waals surface area (Å²) in [5, 5.41) is 3.53. The van der Waals surface area contributed by atoms with Crippen LogP contribution in [-0.4, -0.2) is 30.1 Å². The predicted octanol–water partition coefficient (Wildman–Crippen LogP) is 3.94. The first kappa shape index (κ1) is 15.9. The monoisotopic (exact) mass is 342 g/mol. The highest BCUT2D eigenvalue weighted by molar-refractivity contribution is 9.10. The molecular formula is C16H24BrFN2. The minimum atomic E-state index is -0.170. The molecule has 1 heterocycles. The van der Waals surface area contributed by atoms with Crippen LogP contribution < -0.4 is 5.32 Å². The van der Waals surface area contributed by atoms with Gasteiger partial charge < -0.3 is 5.32 Å². The van der Waals surface area contributed by atoms with Crippen LogP contribution >= 0.6 is 15.9 Å². The van der Waals surface area contributed by atoms with Crippen LogP contribution in [0.25, 0.3) is 0 Å². The van der Waals surface area contributed by atoms with Crippen molar-refractivity contribution in [1.82, 2.24) is 10.2 Å². The van der Waals surface area contributed by atoms with E-state index in [9.17, 15) is 4.39 Å². The first-order valence-electron chi connectivity index (χ1n) is 7.48. The van der Waals surface area contributed by atoms with Gasteiger partial charge in [0.25, 0.3) is 0 Å². The lowest BCUT2D eigenvalue weighted by Gasteiger charge is -2.36. The summed E-state index contributed by atoms with van der Waals surface area (Å²) < 4.78 is 14.2. The number of nitrogens with zero attached hydrogens (tertiary/aromatic N) is 1. The largest absolute Gasteiger partial charge is 0.313 e. The third-order valence-corrected chi connectivity index (χ3v) is 4.80. The molecule has 1 unspecified atom stereocenters. The second kappa shape index (κ2) is 7.53. The first-order chi connectivity index (χ1) is 9.58. The summed E-state index contributed by atoms with van der Waals surface area (Å²) in [6.45, 7) is 7.30. The fraction of sp³-hybridized carbons (Fsp3) is 0.625. The second-order valence-electron chi connectivity index (χ2n) is 5.90. The van der Waals surface area contributed by atoms with Crippen LogP contribution in [0.4, 0.5) is 4.39 Å². The van der Waals surface area contributed by atoms with Crippen LogP contribution in [0.5, 0.6) is 0 Å². The molecule has 1 saturated heterocycles. The molecule has 0 aliphatic carbocycles. The molecule has 20 heavy (non-hydrogen) atoms. The maximum atomic E-state index is 13.6. The lowest BCUT2D eigenvalue weighted by molar-refractivity contribution is 0.135. The van der Waals surface area contributed by atoms with E-state index in [1.54, 1.807) is 6.07 Å². The highest BCUT2D eigenvalue weighted by atomic mass is 79.9. The van der Waals surface area contributed by atoms with Crippen molar-refractivity contribution in [3.05, 3.63) is 34.1 Å². The maximum Gasteiger partial charge on any atom is 0.137 e. The van der Waals surface area contributed by atoms with Gasteiger partial charge in [0.2, 0.25) is 0 Å². The Morgan fingerprint density at radius 3 is 2.95 bits per heavy atom. The number of rotatable bonds is 5. The number of hydrogen-bond acceptors (Lipinski definition) is 2. The average molecular weight is 343 g/mol. The molecule has 1 aliphatic heterocycles. The number of hydrogen-bond donors (Lipinski definition) is 1. The highest BCUT2D eigenvalue weighted by Crippen LogP contribution is 2.25. The second-order valence-corrected chi connectivity index (χ2v) is 6.69. The molecule has 0 amide bonds. The van der Waals surface area contributed by atoms with Crippen molar-refractivity contribution < 1.29 is 4.39 Å². The SMILES string of the molecule is CC(C)NCC1CCCCN1Cc1cccc(F)c1Br. The summed E-state index contributed by atoms with van der Waals surface area (Å²) in [6.07, 6.45) is 3.77. The molecular weight excluding hydrogens is 319 g/mol. The predicted molar refractivity (Wildman–Crippen MR) is 85.3 cm³/mol. The number of piperidine rings is 1. The standard InChI is InChI=1S/C16H24BrFN2/c1-12(2)19-10-14-7-3-4-9-20(14)11-13-6-5-8-15(18)16(13)17/h5-6,8,12,14,19H,3-4,7,9-11H2,1-2H3. The van der Waals surface area contributed by atoms with Gasteiger partial charge in [-0.15, -0.1) is 0 Å². The van der Waals surface area contributed by atoms with E-state index in [0.29, 0.717) is 16.6 Å². The summed E-state index contributed by atoms with van der Waals surface area (Å²) >= 11 is 3.37. The molecule has 0 radical (unpaired) electrons. The van der Waals surface area contributed by atoms with Crippen molar-refractivity contribution in [2.75, 3.05) is 13.1 Å². The zero-order valence-corrected chi connectivity index (χ0v) is 13.9. The Labute approximate surface area is 129 Å². The minimum Gasteiger partial charge on any atom is -0.313 e. The van der Waals surface area contributed by atoms with Crippen molar-refractivity contribution >= 4 is 15.9 Å². The van der Waals surface area contributed by atoms with Gasteiger partial charge in [-0.25, -0.2) is 4.39 Å². The molecule has 0 saturated carbocycles. The molecule has 0 spiro atoms. The summed E-state index contributed by atoms with van der Waals surface area (Å²) in [5.74, 6) is -0.170. The van der Waals surface area contributed by atoms with Gasteiger partial charge in [-0.2, -0.15) is 0 Å². The average Bonchev–Trinajstić information content (AvgIpc) is 2.43. The van der Waals surface area contributed by atoms with Gasteiger partial charge in [0, 0.05) is 25.2 Å². The molecule has 1 N–H and O–H groups in total. The van der Waals surface area contributed by atoms with Crippen molar-refractivity contribution in [2.24, 2.45) is 0 Å². The molecule has 0 aromatic heterocycles. The fourth-order valence-corrected chi connectivity index (χ4v) is 3.15. The third kappa shape index (κ3) is 4.27. The van der Waals surface area contributed by atoms with E-state index < -0.39 is 0 Å². The lowest BCUT2D eigenvalue weighted by Crippen LogP contribution is -2.46. The van der Waals surface area contributed by atoms with E-state index >= 15 is 0 Å². The number of nitrogens with one attached hydrogen (secondary N) is 1. The zero-order valence-electron chi connectivity index (χ0n) is 12.3. The summed E-state index contributed by atoms with van der Waals surface area (Å²) in [7, 11) is 0. The van der Waals surface area contributed by atoms with Crippen LogP contribution in [0.3, 0.4) is 0 Å². The van der Waals surface area contributed by atoms with E-state index in [1.165, 1.54) is 25.3 Å². The molecule has 4 heteroatoms. The van der Waals surface area contributed by atoms with Gasteiger partial charge in [-0.1, -0.05) is 32.4 Å². The van der Waals surface area contributed by atoms with Crippen LogP contribution in [-0.2, 0) is 6.54 Å². The number of likely N-dealkylation sites (tertiary alicyclic amines) is 1. The van der Waals surface area contributed by atoms with Crippen molar-refractivity contribution in [1.29, 1.82) is 0 Å². The summed E-state index contributed by atoms with van der Waals surface area (Å²) in [4.78, 5) is 2.48. The molecule has 1 aromatic rings. The molecule has 1 aliphatic rings. The van der Waals surface area contributed by atoms with Crippen molar-refractivity contribution in [3.63, 3.8) is 0 Å². The Kier molecular flexibility index (Phi) is 6.00. The van der Waals surface area contributed by atoms with Crippen LogP contribution in [0.1, 0.15) is 38.7 Å². The topological polar surface area (TPSA) is 15.3 Å². The zero-order chi connectivity index (χ0) is 14.5. The maximum absolute atomic E-state index is 13.6. The highest BCUT2D eigenvalue weighted by Gasteiger charge is 2.23. The molecule has 2 rings (SSSR count). The molecule has 0 bridgehead atoms. The van der Waals surface area contributed by atoms with Gasteiger partial charge in [0.05, 0.1) is 4.47 Å². The molecule has 1 fully saturated rings. The molecule has 2 nitrogen and oxygen atoms in total. The summed E-state index contributed by atoms with van der Waals surface area (Å²) in [5.41, 5.74) is 1.04. The molecule has 112 valence electrons. The van der Waals surface area contributed by atoms with E-state index in [4.69, 9.17) is 0 Å². The van der Waals surface area contributed by atoms with E-state index in [-0.39, 0.29) is 5.82 Å². The molecule has 1 aromatic carbocycles. The van der Waals surface area contributed by atoms with Crippen LogP contribution in [0, 0.1) is 5.82 Å². The minimum absolute atomic E-state index is 0.170. The van der Waals surface area contributed by atoms with E-state index in [1.807, 2.05) is 6.07 Å². The normalized spacial score (nSPS) is 20.6. The summed E-state index contributed by atoms with van der Waals surface area (Å²) in [6, 6.07) is 6.37. The van der Waals surface area contributed by atoms with Gasteiger partial charge in [-0.3, -0.25) is 4.90 Å². The van der Waals surface area contributed by atoms with Crippen molar-refractivity contribution in [3.8, 4) is 0 Å². The van der Waals surface area contributed by atoms with E-state index in [0.717, 1.165) is 25.2 Å².